The van der Waals surface area contributed by atoms with Crippen molar-refractivity contribution < 1.29 is 4.52 Å². The van der Waals surface area contributed by atoms with Crippen LogP contribution < -0.4 is 5.73 Å². The smallest absolute Gasteiger partial charge is 0.243 e. The van der Waals surface area contributed by atoms with Gasteiger partial charge >= 0.3 is 0 Å². The van der Waals surface area contributed by atoms with Crippen molar-refractivity contribution in [1.82, 2.24) is 20.1 Å². The lowest BCUT2D eigenvalue weighted by molar-refractivity contribution is 0.362. The second-order valence-electron chi connectivity index (χ2n) is 2.87. The predicted octanol–water partition coefficient (Wildman–Crippen LogP) is 0.546. The van der Waals surface area contributed by atoms with Crippen LogP contribution in [0.15, 0.2) is 23.2 Å². The Labute approximate surface area is 80.2 Å². The molecule has 0 aliphatic heterocycles. The molecule has 0 amide bonds. The van der Waals surface area contributed by atoms with E-state index in [9.17, 15) is 0 Å². The van der Waals surface area contributed by atoms with Crippen molar-refractivity contribution in [2.24, 2.45) is 5.73 Å². The van der Waals surface area contributed by atoms with E-state index in [0.717, 1.165) is 0 Å². The van der Waals surface area contributed by atoms with Crippen molar-refractivity contribution in [2.75, 3.05) is 0 Å². The van der Waals surface area contributed by atoms with Crippen LogP contribution in [0.5, 0.6) is 0 Å². The fraction of sp³-hybridized carbons (Fsp3) is 0.250. The Morgan fingerprint density at radius 1 is 1.36 bits per heavy atom. The van der Waals surface area contributed by atoms with Crippen LogP contribution >= 0.6 is 0 Å². The Morgan fingerprint density at radius 3 is 2.64 bits per heavy atom. The molecule has 0 aromatic carbocycles. The highest BCUT2D eigenvalue weighted by molar-refractivity contribution is 5.50. The van der Waals surface area contributed by atoms with E-state index >= 15 is 0 Å². The van der Waals surface area contributed by atoms with Crippen LogP contribution in [-0.2, 0) is 0 Å². The standard InChI is InChI=1S/C8H9N5O/c1-5(9)8-12-7(13-14-8)6-2-10-4-11-3-6/h2-5H,9H2,1H3/t5-/m0/s1. The molecule has 0 saturated heterocycles. The van der Waals surface area contributed by atoms with Crippen molar-refractivity contribution >= 4 is 0 Å². The normalized spacial score (nSPS) is 12.7. The molecule has 0 aliphatic carbocycles. The maximum absolute atomic E-state index is 5.58. The summed E-state index contributed by atoms with van der Waals surface area (Å²) in [7, 11) is 0. The quantitative estimate of drug-likeness (QED) is 0.745. The zero-order chi connectivity index (χ0) is 9.97. The molecule has 0 unspecified atom stereocenters. The van der Waals surface area contributed by atoms with Gasteiger partial charge in [-0.15, -0.1) is 0 Å². The molecule has 1 atom stereocenters. The number of aromatic nitrogens is 4. The van der Waals surface area contributed by atoms with E-state index in [1.807, 2.05) is 0 Å². The second kappa shape index (κ2) is 3.51. The Bertz CT molecular complexity index is 411. The summed E-state index contributed by atoms with van der Waals surface area (Å²) in [5, 5.41) is 3.76. The summed E-state index contributed by atoms with van der Waals surface area (Å²) in [5.74, 6) is 0.863. The summed E-state index contributed by atoms with van der Waals surface area (Å²) in [5.41, 5.74) is 6.29. The lowest BCUT2D eigenvalue weighted by atomic mass is 10.3. The summed E-state index contributed by atoms with van der Waals surface area (Å²) >= 11 is 0. The van der Waals surface area contributed by atoms with Gasteiger partial charge in [0.25, 0.3) is 0 Å². The van der Waals surface area contributed by atoms with Crippen LogP contribution in [-0.4, -0.2) is 20.1 Å². The van der Waals surface area contributed by atoms with E-state index in [1.54, 1.807) is 19.3 Å². The van der Waals surface area contributed by atoms with Gasteiger partial charge in [-0.25, -0.2) is 9.97 Å². The third-order valence-electron chi connectivity index (χ3n) is 1.65. The van der Waals surface area contributed by atoms with Crippen LogP contribution in [0.4, 0.5) is 0 Å². The number of hydrogen-bond acceptors (Lipinski definition) is 6. The van der Waals surface area contributed by atoms with E-state index in [1.165, 1.54) is 6.33 Å². The molecule has 2 heterocycles. The highest BCUT2D eigenvalue weighted by atomic mass is 16.5. The SMILES string of the molecule is C[C@H](N)c1nc(-c2cncnc2)no1. The minimum atomic E-state index is -0.263. The summed E-state index contributed by atoms with van der Waals surface area (Å²) in [6.07, 6.45) is 4.67. The summed E-state index contributed by atoms with van der Waals surface area (Å²) in [6.45, 7) is 1.78. The minimum absolute atomic E-state index is 0.263. The van der Waals surface area contributed by atoms with Crippen molar-refractivity contribution in [1.29, 1.82) is 0 Å². The van der Waals surface area contributed by atoms with Gasteiger partial charge in [-0.05, 0) is 6.92 Å². The molecule has 2 aromatic rings. The first-order chi connectivity index (χ1) is 6.77. The van der Waals surface area contributed by atoms with E-state index < -0.39 is 0 Å². The topological polar surface area (TPSA) is 90.7 Å². The summed E-state index contributed by atoms with van der Waals surface area (Å²) in [4.78, 5) is 11.8. The number of hydrogen-bond donors (Lipinski definition) is 1. The molecule has 0 radical (unpaired) electrons. The van der Waals surface area contributed by atoms with Gasteiger partial charge in [-0.2, -0.15) is 4.98 Å². The molecule has 6 heteroatoms. The molecule has 2 aromatic heterocycles. The molecular weight excluding hydrogens is 182 g/mol. The molecule has 0 aliphatic rings. The third-order valence-corrected chi connectivity index (χ3v) is 1.65. The van der Waals surface area contributed by atoms with Gasteiger partial charge in [0.2, 0.25) is 11.7 Å². The van der Waals surface area contributed by atoms with Crippen molar-refractivity contribution in [2.45, 2.75) is 13.0 Å². The minimum Gasteiger partial charge on any atom is -0.337 e. The maximum Gasteiger partial charge on any atom is 0.243 e. The van der Waals surface area contributed by atoms with Gasteiger partial charge in [0.1, 0.15) is 6.33 Å². The average molecular weight is 191 g/mol. The molecule has 6 nitrogen and oxygen atoms in total. The first-order valence-corrected chi connectivity index (χ1v) is 4.12. The zero-order valence-corrected chi connectivity index (χ0v) is 7.58. The largest absolute Gasteiger partial charge is 0.337 e. The van der Waals surface area contributed by atoms with Gasteiger partial charge in [-0.1, -0.05) is 5.16 Å². The predicted molar refractivity (Wildman–Crippen MR) is 47.9 cm³/mol. The fourth-order valence-corrected chi connectivity index (χ4v) is 0.952. The number of nitrogens with zero attached hydrogens (tertiary/aromatic N) is 4. The highest BCUT2D eigenvalue weighted by Crippen LogP contribution is 2.15. The van der Waals surface area contributed by atoms with Gasteiger partial charge in [0.15, 0.2) is 0 Å². The third kappa shape index (κ3) is 1.60. The van der Waals surface area contributed by atoms with Crippen LogP contribution in [0, 0.1) is 0 Å². The van der Waals surface area contributed by atoms with E-state index in [2.05, 4.69) is 20.1 Å². The van der Waals surface area contributed by atoms with E-state index in [0.29, 0.717) is 17.3 Å². The fourth-order valence-electron chi connectivity index (χ4n) is 0.952. The van der Waals surface area contributed by atoms with Gasteiger partial charge in [0, 0.05) is 12.4 Å². The first kappa shape index (κ1) is 8.76. The van der Waals surface area contributed by atoms with Crippen LogP contribution in [0.1, 0.15) is 18.9 Å². The molecule has 2 rings (SSSR count). The molecule has 0 saturated carbocycles. The molecule has 14 heavy (non-hydrogen) atoms. The maximum atomic E-state index is 5.58. The first-order valence-electron chi connectivity index (χ1n) is 4.12. The van der Waals surface area contributed by atoms with Gasteiger partial charge in [-0.3, -0.25) is 0 Å². The molecule has 0 spiro atoms. The number of rotatable bonds is 2. The average Bonchev–Trinajstić information content (AvgIpc) is 2.68. The van der Waals surface area contributed by atoms with Crippen LogP contribution in [0.25, 0.3) is 11.4 Å². The highest BCUT2D eigenvalue weighted by Gasteiger charge is 2.11. The zero-order valence-electron chi connectivity index (χ0n) is 7.58. The molecular formula is C8H9N5O. The molecule has 0 bridgehead atoms. The number of nitrogens with two attached hydrogens (primary N) is 1. The summed E-state index contributed by atoms with van der Waals surface area (Å²) < 4.78 is 4.94. The molecule has 0 fully saturated rings. The lowest BCUT2D eigenvalue weighted by Crippen LogP contribution is -2.04. The van der Waals surface area contributed by atoms with E-state index in [4.69, 9.17) is 10.3 Å². The molecule has 2 N–H and O–H groups in total. The lowest BCUT2D eigenvalue weighted by Gasteiger charge is -1.93. The van der Waals surface area contributed by atoms with Gasteiger partial charge in [0.05, 0.1) is 11.6 Å². The van der Waals surface area contributed by atoms with Crippen LogP contribution in [0.3, 0.4) is 0 Å². The van der Waals surface area contributed by atoms with Crippen molar-refractivity contribution in [3.05, 3.63) is 24.6 Å². The monoisotopic (exact) mass is 191 g/mol. The molecule has 72 valence electrons. The van der Waals surface area contributed by atoms with Gasteiger partial charge < -0.3 is 10.3 Å². The Kier molecular flexibility index (Phi) is 2.19. The summed E-state index contributed by atoms with van der Waals surface area (Å²) in [6, 6.07) is -0.263. The van der Waals surface area contributed by atoms with Crippen molar-refractivity contribution in [3.63, 3.8) is 0 Å². The Morgan fingerprint density at radius 2 is 2.07 bits per heavy atom. The van der Waals surface area contributed by atoms with E-state index in [-0.39, 0.29) is 6.04 Å². The second-order valence-corrected chi connectivity index (χ2v) is 2.87. The Hall–Kier alpha value is -1.82. The van der Waals surface area contributed by atoms with Crippen molar-refractivity contribution in [3.8, 4) is 11.4 Å². The Balaban J connectivity index is 2.34. The van der Waals surface area contributed by atoms with Crippen LogP contribution in [0.2, 0.25) is 0 Å².